The lowest BCUT2D eigenvalue weighted by Crippen LogP contribution is -2.18. The van der Waals surface area contributed by atoms with Gasteiger partial charge in [-0.2, -0.15) is 0 Å². The Morgan fingerprint density at radius 1 is 0.727 bits per heavy atom. The van der Waals surface area contributed by atoms with Crippen molar-refractivity contribution < 1.29 is 23.9 Å². The number of thiocarbonyl (C=S) groups is 1. The minimum atomic E-state index is -0.584. The first-order chi connectivity index (χ1) is 15.8. The number of hydrogen-bond donors (Lipinski definition) is 3. The Balaban J connectivity index is 1.88. The predicted molar refractivity (Wildman–Crippen MR) is 129 cm³/mol. The van der Waals surface area contributed by atoms with Crippen molar-refractivity contribution in [2.24, 2.45) is 5.73 Å². The number of carbonyl (C=O) groups excluding carboxylic acids is 3. The van der Waals surface area contributed by atoms with E-state index in [1.54, 1.807) is 48.5 Å². The van der Waals surface area contributed by atoms with Gasteiger partial charge in [-0.25, -0.2) is 4.79 Å². The SMILES string of the molecule is COC(=O)c1ccc(NC(=O)c2ccc(OC)cc2)c(NC(=O)c2ccc(C(N)=S)cc2)c1. The van der Waals surface area contributed by atoms with Crippen LogP contribution in [0.5, 0.6) is 5.75 Å². The van der Waals surface area contributed by atoms with Crippen molar-refractivity contribution in [3.8, 4) is 5.75 Å². The molecule has 0 radical (unpaired) electrons. The molecule has 168 valence electrons. The Hall–Kier alpha value is -4.24. The van der Waals surface area contributed by atoms with E-state index in [1.165, 1.54) is 32.4 Å². The van der Waals surface area contributed by atoms with Gasteiger partial charge in [0.2, 0.25) is 0 Å². The lowest BCUT2D eigenvalue weighted by Gasteiger charge is -2.14. The molecule has 2 amide bonds. The zero-order valence-corrected chi connectivity index (χ0v) is 18.7. The molecule has 3 rings (SSSR count). The maximum absolute atomic E-state index is 12.8. The molecule has 0 bridgehead atoms. The summed E-state index contributed by atoms with van der Waals surface area (Å²) in [5.41, 5.74) is 7.68. The number of nitrogens with one attached hydrogen (secondary N) is 2. The molecule has 4 N–H and O–H groups in total. The van der Waals surface area contributed by atoms with Gasteiger partial charge in [0.05, 0.1) is 31.2 Å². The highest BCUT2D eigenvalue weighted by atomic mass is 32.1. The van der Waals surface area contributed by atoms with E-state index in [9.17, 15) is 14.4 Å². The zero-order valence-electron chi connectivity index (χ0n) is 17.9. The maximum Gasteiger partial charge on any atom is 0.337 e. The molecular weight excluding hydrogens is 442 g/mol. The molecule has 33 heavy (non-hydrogen) atoms. The Morgan fingerprint density at radius 3 is 1.73 bits per heavy atom. The van der Waals surface area contributed by atoms with Crippen LogP contribution in [0, 0.1) is 0 Å². The molecule has 0 saturated carbocycles. The topological polar surface area (TPSA) is 120 Å². The lowest BCUT2D eigenvalue weighted by molar-refractivity contribution is 0.0600. The van der Waals surface area contributed by atoms with Crippen LogP contribution >= 0.6 is 12.2 Å². The molecule has 0 fully saturated rings. The monoisotopic (exact) mass is 463 g/mol. The number of methoxy groups -OCH3 is 2. The number of amides is 2. The fraction of sp³-hybridized carbons (Fsp3) is 0.0833. The number of esters is 1. The Labute approximate surface area is 195 Å². The number of benzene rings is 3. The second-order valence-electron chi connectivity index (χ2n) is 6.83. The van der Waals surface area contributed by atoms with Gasteiger partial charge in [0.25, 0.3) is 11.8 Å². The normalized spacial score (nSPS) is 10.1. The summed E-state index contributed by atoms with van der Waals surface area (Å²) in [6, 6.07) is 17.4. The summed E-state index contributed by atoms with van der Waals surface area (Å²) >= 11 is 4.92. The standard InChI is InChI=1S/C24H21N3O5S/c1-31-18-10-7-16(8-11-18)22(28)26-19-12-9-17(24(30)32-2)13-20(19)27-23(29)15-5-3-14(4-6-15)21(25)33/h3-13H,1-2H3,(H2,25,33)(H,26,28)(H,27,29). The first kappa shape index (κ1) is 23.4. The number of nitrogens with two attached hydrogens (primary N) is 1. The number of ether oxygens (including phenoxy) is 2. The van der Waals surface area contributed by atoms with E-state index in [0.717, 1.165) is 0 Å². The largest absolute Gasteiger partial charge is 0.497 e. The van der Waals surface area contributed by atoms with Gasteiger partial charge < -0.3 is 25.8 Å². The van der Waals surface area contributed by atoms with Crippen molar-refractivity contribution in [3.63, 3.8) is 0 Å². The highest BCUT2D eigenvalue weighted by Crippen LogP contribution is 2.26. The van der Waals surface area contributed by atoms with E-state index in [4.69, 9.17) is 27.4 Å². The van der Waals surface area contributed by atoms with Crippen molar-refractivity contribution >= 4 is 46.4 Å². The molecule has 0 spiro atoms. The molecule has 0 aliphatic rings. The van der Waals surface area contributed by atoms with Crippen molar-refractivity contribution in [2.75, 3.05) is 24.9 Å². The summed E-state index contributed by atoms with van der Waals surface area (Å²) in [6.45, 7) is 0. The molecule has 0 unspecified atom stereocenters. The zero-order chi connectivity index (χ0) is 24.0. The summed E-state index contributed by atoms with van der Waals surface area (Å²) in [6.07, 6.45) is 0. The molecule has 0 aliphatic heterocycles. The van der Waals surface area contributed by atoms with Gasteiger partial charge in [-0.05, 0) is 54.6 Å². The minimum Gasteiger partial charge on any atom is -0.497 e. The van der Waals surface area contributed by atoms with Gasteiger partial charge >= 0.3 is 5.97 Å². The van der Waals surface area contributed by atoms with E-state index in [-0.39, 0.29) is 16.2 Å². The maximum atomic E-state index is 12.8. The van der Waals surface area contributed by atoms with E-state index in [2.05, 4.69) is 10.6 Å². The Kier molecular flexibility index (Phi) is 7.37. The molecule has 8 nitrogen and oxygen atoms in total. The van der Waals surface area contributed by atoms with Crippen LogP contribution in [-0.2, 0) is 4.74 Å². The Bertz CT molecular complexity index is 1210. The van der Waals surface area contributed by atoms with E-state index in [0.29, 0.717) is 28.1 Å². The number of carbonyl (C=O) groups is 3. The van der Waals surface area contributed by atoms with Crippen LogP contribution in [0.3, 0.4) is 0 Å². The summed E-state index contributed by atoms with van der Waals surface area (Å²) in [5, 5.41) is 5.47. The van der Waals surface area contributed by atoms with Crippen LogP contribution in [0.2, 0.25) is 0 Å². The van der Waals surface area contributed by atoms with Gasteiger partial charge in [-0.1, -0.05) is 24.4 Å². The molecule has 0 aromatic heterocycles. The van der Waals surface area contributed by atoms with E-state index in [1.807, 2.05) is 0 Å². The lowest BCUT2D eigenvalue weighted by atomic mass is 10.1. The Morgan fingerprint density at radius 2 is 1.21 bits per heavy atom. The minimum absolute atomic E-state index is 0.207. The second-order valence-corrected chi connectivity index (χ2v) is 7.27. The number of rotatable bonds is 7. The average Bonchev–Trinajstić information content (AvgIpc) is 2.84. The molecule has 3 aromatic rings. The fourth-order valence-corrected chi connectivity index (χ4v) is 3.05. The molecule has 0 aliphatic carbocycles. The van der Waals surface area contributed by atoms with Crippen LogP contribution < -0.4 is 21.1 Å². The summed E-state index contributed by atoms with van der Waals surface area (Å²) in [5.74, 6) is -0.825. The number of anilines is 2. The van der Waals surface area contributed by atoms with Gasteiger partial charge in [0, 0.05) is 16.7 Å². The smallest absolute Gasteiger partial charge is 0.337 e. The summed E-state index contributed by atoms with van der Waals surface area (Å²) in [4.78, 5) is 37.7. The van der Waals surface area contributed by atoms with Crippen LogP contribution in [0.1, 0.15) is 36.6 Å². The van der Waals surface area contributed by atoms with Crippen LogP contribution in [-0.4, -0.2) is 37.0 Å². The van der Waals surface area contributed by atoms with Crippen LogP contribution in [0.25, 0.3) is 0 Å². The van der Waals surface area contributed by atoms with E-state index >= 15 is 0 Å². The highest BCUT2D eigenvalue weighted by Gasteiger charge is 2.16. The molecule has 3 aromatic carbocycles. The first-order valence-electron chi connectivity index (χ1n) is 9.71. The average molecular weight is 464 g/mol. The molecule has 0 saturated heterocycles. The molecule has 9 heteroatoms. The molecule has 0 heterocycles. The first-order valence-corrected chi connectivity index (χ1v) is 10.1. The van der Waals surface area contributed by atoms with Gasteiger partial charge in [-0.3, -0.25) is 9.59 Å². The van der Waals surface area contributed by atoms with Crippen molar-refractivity contribution in [1.29, 1.82) is 0 Å². The summed E-state index contributed by atoms with van der Waals surface area (Å²) in [7, 11) is 2.79. The fourth-order valence-electron chi connectivity index (χ4n) is 2.92. The van der Waals surface area contributed by atoms with Crippen LogP contribution in [0.4, 0.5) is 11.4 Å². The van der Waals surface area contributed by atoms with Gasteiger partial charge in [0.1, 0.15) is 10.7 Å². The van der Waals surface area contributed by atoms with Gasteiger partial charge in [-0.15, -0.1) is 0 Å². The second kappa shape index (κ2) is 10.4. The number of hydrogen-bond acceptors (Lipinski definition) is 6. The van der Waals surface area contributed by atoms with Crippen molar-refractivity contribution in [3.05, 3.63) is 89.0 Å². The van der Waals surface area contributed by atoms with Gasteiger partial charge in [0.15, 0.2) is 0 Å². The third-order valence-electron chi connectivity index (χ3n) is 4.72. The van der Waals surface area contributed by atoms with E-state index < -0.39 is 17.8 Å². The van der Waals surface area contributed by atoms with Crippen LogP contribution in [0.15, 0.2) is 66.7 Å². The predicted octanol–water partition coefficient (Wildman–Crippen LogP) is 3.62. The third kappa shape index (κ3) is 5.72. The quantitative estimate of drug-likeness (QED) is 0.362. The molecular formula is C24H21N3O5S. The van der Waals surface area contributed by atoms with Crippen molar-refractivity contribution in [2.45, 2.75) is 0 Å². The van der Waals surface area contributed by atoms with Crippen molar-refractivity contribution in [1.82, 2.24) is 0 Å². The molecule has 0 atom stereocenters. The summed E-state index contributed by atoms with van der Waals surface area (Å²) < 4.78 is 9.86. The highest BCUT2D eigenvalue weighted by molar-refractivity contribution is 7.80. The third-order valence-corrected chi connectivity index (χ3v) is 4.96.